The van der Waals surface area contributed by atoms with Crippen molar-refractivity contribution < 1.29 is 33.4 Å². The van der Waals surface area contributed by atoms with Crippen molar-refractivity contribution >= 4 is 35.5 Å². The van der Waals surface area contributed by atoms with Gasteiger partial charge in [-0.05, 0) is 68.4 Å². The van der Waals surface area contributed by atoms with Crippen LogP contribution in [0.3, 0.4) is 0 Å². The lowest BCUT2D eigenvalue weighted by molar-refractivity contribution is -0.150. The van der Waals surface area contributed by atoms with Crippen LogP contribution in [-0.4, -0.2) is 86.9 Å². The van der Waals surface area contributed by atoms with Crippen LogP contribution in [0.15, 0.2) is 18.3 Å². The molecule has 4 aliphatic rings. The summed E-state index contributed by atoms with van der Waals surface area (Å²) in [6.07, 6.45) is 2.45. The van der Waals surface area contributed by atoms with Crippen molar-refractivity contribution in [2.75, 3.05) is 18.4 Å². The number of hydrogen-bond acceptors (Lipinski definition) is 8. The van der Waals surface area contributed by atoms with E-state index in [0.29, 0.717) is 18.2 Å². The molecule has 4 heterocycles. The number of aromatic nitrogens is 1. The van der Waals surface area contributed by atoms with Crippen molar-refractivity contribution in [3.63, 3.8) is 0 Å². The maximum absolute atomic E-state index is 14.9. The van der Waals surface area contributed by atoms with Gasteiger partial charge in [0.1, 0.15) is 23.7 Å². The van der Waals surface area contributed by atoms with Crippen LogP contribution in [0.5, 0.6) is 5.75 Å². The van der Waals surface area contributed by atoms with Crippen LogP contribution < -0.4 is 21.1 Å². The van der Waals surface area contributed by atoms with Gasteiger partial charge >= 0.3 is 6.09 Å². The summed E-state index contributed by atoms with van der Waals surface area (Å²) in [4.78, 5) is 75.7. The molecule has 5 rings (SSSR count). The van der Waals surface area contributed by atoms with E-state index in [9.17, 15) is 24.0 Å². The fourth-order valence-electron chi connectivity index (χ4n) is 7.65. The summed E-state index contributed by atoms with van der Waals surface area (Å²) in [5.41, 5.74) is 2.81. The fraction of sp³-hybridized carbons (Fsp3) is 0.697. The second kappa shape index (κ2) is 11.7. The van der Waals surface area contributed by atoms with Crippen LogP contribution >= 0.6 is 0 Å². The number of nitrogens with one attached hydrogen (secondary N) is 2. The average molecular weight is 641 g/mol. The van der Waals surface area contributed by atoms with Crippen LogP contribution in [0.4, 0.5) is 10.6 Å². The van der Waals surface area contributed by atoms with Gasteiger partial charge in [0.25, 0.3) is 5.91 Å². The molecule has 1 saturated carbocycles. The van der Waals surface area contributed by atoms with Gasteiger partial charge in [-0.25, -0.2) is 9.78 Å². The Labute approximate surface area is 270 Å². The van der Waals surface area contributed by atoms with Gasteiger partial charge in [0.15, 0.2) is 11.6 Å². The molecule has 3 fully saturated rings. The molecular formula is C33H48N6O7. The summed E-state index contributed by atoms with van der Waals surface area (Å²) < 4.78 is 11.7. The summed E-state index contributed by atoms with van der Waals surface area (Å²) in [6.45, 7) is 15.1. The number of carbonyl (C=O) groups is 5. The Bertz CT molecular complexity index is 1420. The Morgan fingerprint density at radius 1 is 1.13 bits per heavy atom. The predicted molar refractivity (Wildman–Crippen MR) is 168 cm³/mol. The summed E-state index contributed by atoms with van der Waals surface area (Å²) in [5.74, 6) is -1.32. The van der Waals surface area contributed by atoms with E-state index in [1.54, 1.807) is 37.8 Å². The maximum Gasteiger partial charge on any atom is 0.408 e. The Kier molecular flexibility index (Phi) is 8.52. The number of fused-ring (bicyclic) bond motifs is 2. The van der Waals surface area contributed by atoms with E-state index >= 15 is 0 Å². The highest BCUT2D eigenvalue weighted by atomic mass is 16.6. The summed E-state index contributed by atoms with van der Waals surface area (Å²) in [5, 5.41) is 5.53. The molecule has 1 unspecified atom stereocenters. The molecule has 252 valence electrons. The van der Waals surface area contributed by atoms with E-state index in [1.807, 2.05) is 20.8 Å². The fourth-order valence-corrected chi connectivity index (χ4v) is 7.65. The molecule has 5 amide bonds. The summed E-state index contributed by atoms with van der Waals surface area (Å²) in [7, 11) is 0. The SMILES string of the molecule is C[C@H]1[C@H]2C(CC[C@H]1C)CN(C(=O)[C@@H](NC(=O)OC(C)(C)C)C(C)(C)C)[C@@H]2C(=O)N1C[C@@]2(C[C@H]1C(N)=O)Oc1cccnc1NC2=O. The van der Waals surface area contributed by atoms with E-state index in [4.69, 9.17) is 15.2 Å². The highest BCUT2D eigenvalue weighted by Crippen LogP contribution is 2.48. The molecule has 46 heavy (non-hydrogen) atoms. The van der Waals surface area contributed by atoms with E-state index in [2.05, 4.69) is 29.5 Å². The Morgan fingerprint density at radius 3 is 2.46 bits per heavy atom. The number of amides is 5. The zero-order valence-corrected chi connectivity index (χ0v) is 28.1. The third kappa shape index (κ3) is 6.12. The van der Waals surface area contributed by atoms with Crippen molar-refractivity contribution in [2.45, 2.75) is 104 Å². The lowest BCUT2D eigenvalue weighted by Gasteiger charge is -2.41. The zero-order valence-electron chi connectivity index (χ0n) is 28.1. The number of anilines is 1. The molecule has 0 aromatic carbocycles. The number of carbonyl (C=O) groups excluding carboxylic acids is 5. The van der Waals surface area contributed by atoms with Gasteiger partial charge in [0.05, 0.1) is 6.54 Å². The van der Waals surface area contributed by atoms with Crippen LogP contribution in [0, 0.1) is 29.1 Å². The zero-order chi connectivity index (χ0) is 33.9. The molecule has 1 aromatic heterocycles. The van der Waals surface area contributed by atoms with Gasteiger partial charge in [-0.15, -0.1) is 0 Å². The van der Waals surface area contributed by atoms with Gasteiger partial charge in [-0.2, -0.15) is 0 Å². The first kappa shape index (κ1) is 33.5. The van der Waals surface area contributed by atoms with Crippen molar-refractivity contribution in [3.8, 4) is 5.75 Å². The second-order valence-corrected chi connectivity index (χ2v) is 15.6. The molecule has 3 aliphatic heterocycles. The van der Waals surface area contributed by atoms with Crippen molar-refractivity contribution in [2.24, 2.45) is 34.8 Å². The molecule has 13 heteroatoms. The number of pyridine rings is 1. The topological polar surface area (TPSA) is 173 Å². The second-order valence-electron chi connectivity index (χ2n) is 15.6. The minimum absolute atomic E-state index is 0.0435. The Morgan fingerprint density at radius 2 is 1.83 bits per heavy atom. The lowest BCUT2D eigenvalue weighted by atomic mass is 9.67. The third-order valence-electron chi connectivity index (χ3n) is 10.1. The van der Waals surface area contributed by atoms with Gasteiger partial charge in [0, 0.05) is 19.2 Å². The maximum atomic E-state index is 14.9. The van der Waals surface area contributed by atoms with Crippen LogP contribution in [0.25, 0.3) is 0 Å². The van der Waals surface area contributed by atoms with E-state index in [1.165, 1.54) is 11.1 Å². The number of rotatable bonds is 4. The van der Waals surface area contributed by atoms with Gasteiger partial charge in [-0.1, -0.05) is 41.0 Å². The number of likely N-dealkylation sites (tertiary alicyclic amines) is 2. The van der Waals surface area contributed by atoms with Crippen LogP contribution in [-0.2, 0) is 23.9 Å². The smallest absolute Gasteiger partial charge is 0.408 e. The first-order valence-corrected chi connectivity index (χ1v) is 16.2. The van der Waals surface area contributed by atoms with Crippen LogP contribution in [0.1, 0.15) is 74.7 Å². The van der Waals surface area contributed by atoms with Gasteiger partial charge in [0.2, 0.25) is 23.3 Å². The summed E-state index contributed by atoms with van der Waals surface area (Å²) >= 11 is 0. The van der Waals surface area contributed by atoms with Crippen molar-refractivity contribution in [1.82, 2.24) is 20.1 Å². The van der Waals surface area contributed by atoms with Crippen molar-refractivity contribution in [1.29, 1.82) is 0 Å². The van der Waals surface area contributed by atoms with Crippen molar-refractivity contribution in [3.05, 3.63) is 18.3 Å². The van der Waals surface area contributed by atoms with E-state index in [-0.39, 0.29) is 36.5 Å². The molecule has 4 N–H and O–H groups in total. The largest absolute Gasteiger partial charge is 0.472 e. The molecule has 1 aliphatic carbocycles. The third-order valence-corrected chi connectivity index (χ3v) is 10.1. The molecule has 8 atom stereocenters. The number of nitrogens with two attached hydrogens (primary N) is 1. The standard InChI is InChI=1S/C33H48N6O7/c1-17-11-12-19-15-38(28(42)24(31(3,4)5)36-30(44)46-32(6,7)8)23(22(19)18(17)2)27(41)39-16-33(14-20(39)25(34)40)29(43)37-26-21(45-33)10-9-13-35-26/h9-10,13,17-20,22-24H,11-12,14-16H2,1-8H3,(H2,34,40)(H,36,44)(H,35,37,43)/t17-,18-,19?,20+,22+,23+,24-,33-/m1/s1. The van der Waals surface area contributed by atoms with E-state index < -0.39 is 64.5 Å². The molecule has 1 aromatic rings. The number of primary amides is 1. The van der Waals surface area contributed by atoms with Gasteiger partial charge < -0.3 is 35.6 Å². The average Bonchev–Trinajstić information content (AvgIpc) is 3.53. The highest BCUT2D eigenvalue weighted by Gasteiger charge is 2.61. The minimum atomic E-state index is -1.56. The number of ether oxygens (including phenoxy) is 2. The first-order chi connectivity index (χ1) is 21.3. The molecule has 13 nitrogen and oxygen atoms in total. The lowest BCUT2D eigenvalue weighted by Crippen LogP contribution is -2.61. The minimum Gasteiger partial charge on any atom is -0.472 e. The monoisotopic (exact) mass is 640 g/mol. The Hall–Kier alpha value is -3.90. The molecule has 2 saturated heterocycles. The normalized spacial score (nSPS) is 31.3. The Balaban J connectivity index is 1.51. The van der Waals surface area contributed by atoms with Gasteiger partial charge in [-0.3, -0.25) is 19.2 Å². The predicted octanol–water partition coefficient (Wildman–Crippen LogP) is 2.69. The number of alkyl carbamates (subject to hydrolysis) is 1. The molecular weight excluding hydrogens is 592 g/mol. The van der Waals surface area contributed by atoms with Crippen LogP contribution in [0.2, 0.25) is 0 Å². The quantitative estimate of drug-likeness (QED) is 0.451. The number of hydrogen-bond donors (Lipinski definition) is 3. The summed E-state index contributed by atoms with van der Waals surface area (Å²) in [6, 6.07) is 0.252. The molecule has 0 bridgehead atoms. The molecule has 0 radical (unpaired) electrons. The van der Waals surface area contributed by atoms with E-state index in [0.717, 1.165) is 12.8 Å². The first-order valence-electron chi connectivity index (χ1n) is 16.2. The highest BCUT2D eigenvalue weighted by molar-refractivity contribution is 6.03. The molecule has 1 spiro atoms. The number of nitrogens with zero attached hydrogens (tertiary/aromatic N) is 3.